The lowest BCUT2D eigenvalue weighted by Gasteiger charge is -2.14. The highest BCUT2D eigenvalue weighted by Gasteiger charge is 2.04. The molecular weight excluding hydrogens is 266 g/mol. The van der Waals surface area contributed by atoms with Crippen LogP contribution in [0.4, 0.5) is 0 Å². The van der Waals surface area contributed by atoms with Crippen molar-refractivity contribution in [3.63, 3.8) is 0 Å². The quantitative estimate of drug-likeness (QED) is 0.684. The molecule has 0 aliphatic rings. The highest BCUT2D eigenvalue weighted by atomic mass is 79.9. The van der Waals surface area contributed by atoms with E-state index in [9.17, 15) is 0 Å². The van der Waals surface area contributed by atoms with Crippen molar-refractivity contribution >= 4 is 15.9 Å². The van der Waals surface area contributed by atoms with Crippen LogP contribution in [0.25, 0.3) is 0 Å². The SMILES string of the molecule is CCCCCCC(C)Oc1cncc(Br)c1. The molecule has 0 N–H and O–H groups in total. The number of ether oxygens (including phenoxy) is 1. The Labute approximate surface area is 107 Å². The molecule has 1 heterocycles. The average molecular weight is 286 g/mol. The van der Waals surface area contributed by atoms with Gasteiger partial charge in [0.1, 0.15) is 5.75 Å². The lowest BCUT2D eigenvalue weighted by atomic mass is 10.1. The first-order valence-electron chi connectivity index (χ1n) is 5.99. The maximum atomic E-state index is 5.78. The van der Waals surface area contributed by atoms with Gasteiger partial charge in [0.15, 0.2) is 0 Å². The number of halogens is 1. The molecule has 1 atom stereocenters. The zero-order chi connectivity index (χ0) is 11.8. The maximum absolute atomic E-state index is 5.78. The molecular formula is C13H20BrNO. The first-order valence-corrected chi connectivity index (χ1v) is 6.79. The fourth-order valence-electron chi connectivity index (χ4n) is 1.61. The fourth-order valence-corrected chi connectivity index (χ4v) is 1.95. The van der Waals surface area contributed by atoms with Crippen LogP contribution in [-0.4, -0.2) is 11.1 Å². The zero-order valence-corrected chi connectivity index (χ0v) is 11.7. The number of aromatic nitrogens is 1. The molecule has 0 saturated carbocycles. The van der Waals surface area contributed by atoms with E-state index in [1.54, 1.807) is 12.4 Å². The van der Waals surface area contributed by atoms with Gasteiger partial charge in [-0.15, -0.1) is 0 Å². The molecule has 1 unspecified atom stereocenters. The van der Waals surface area contributed by atoms with Gasteiger partial charge in [-0.05, 0) is 41.8 Å². The Morgan fingerprint density at radius 3 is 2.81 bits per heavy atom. The van der Waals surface area contributed by atoms with E-state index >= 15 is 0 Å². The van der Waals surface area contributed by atoms with Crippen LogP contribution < -0.4 is 4.74 Å². The summed E-state index contributed by atoms with van der Waals surface area (Å²) in [6.45, 7) is 4.35. The Morgan fingerprint density at radius 2 is 2.12 bits per heavy atom. The normalized spacial score (nSPS) is 12.4. The lowest BCUT2D eigenvalue weighted by molar-refractivity contribution is 0.205. The second kappa shape index (κ2) is 7.66. The van der Waals surface area contributed by atoms with Crippen molar-refractivity contribution < 1.29 is 4.74 Å². The summed E-state index contributed by atoms with van der Waals surface area (Å²) in [5.41, 5.74) is 0. The van der Waals surface area contributed by atoms with Gasteiger partial charge in [0.25, 0.3) is 0 Å². The smallest absolute Gasteiger partial charge is 0.139 e. The molecule has 90 valence electrons. The number of rotatable bonds is 7. The molecule has 0 aromatic carbocycles. The Kier molecular flexibility index (Phi) is 6.46. The van der Waals surface area contributed by atoms with E-state index in [0.717, 1.165) is 16.6 Å². The summed E-state index contributed by atoms with van der Waals surface area (Å²) in [6, 6.07) is 1.95. The molecule has 0 spiro atoms. The van der Waals surface area contributed by atoms with Crippen LogP contribution in [0.15, 0.2) is 22.9 Å². The number of pyridine rings is 1. The van der Waals surface area contributed by atoms with E-state index in [4.69, 9.17) is 4.74 Å². The molecule has 0 bridgehead atoms. The first-order chi connectivity index (χ1) is 7.72. The minimum atomic E-state index is 0.271. The predicted octanol–water partition coefficient (Wildman–Crippen LogP) is 4.58. The molecule has 3 heteroatoms. The lowest BCUT2D eigenvalue weighted by Crippen LogP contribution is -2.11. The van der Waals surface area contributed by atoms with Gasteiger partial charge in [-0.25, -0.2) is 0 Å². The average Bonchev–Trinajstić information content (AvgIpc) is 2.24. The van der Waals surface area contributed by atoms with E-state index in [1.165, 1.54) is 25.7 Å². The fraction of sp³-hybridized carbons (Fsp3) is 0.615. The Morgan fingerprint density at radius 1 is 1.31 bits per heavy atom. The van der Waals surface area contributed by atoms with Gasteiger partial charge in [0.05, 0.1) is 12.3 Å². The second-order valence-electron chi connectivity index (χ2n) is 4.12. The number of unbranched alkanes of at least 4 members (excludes halogenated alkanes) is 3. The minimum absolute atomic E-state index is 0.271. The molecule has 0 radical (unpaired) electrons. The molecule has 16 heavy (non-hydrogen) atoms. The molecule has 1 rings (SSSR count). The zero-order valence-electron chi connectivity index (χ0n) is 10.1. The van der Waals surface area contributed by atoms with Crippen LogP contribution in [0.2, 0.25) is 0 Å². The number of nitrogens with zero attached hydrogens (tertiary/aromatic N) is 1. The van der Waals surface area contributed by atoms with E-state index in [1.807, 2.05) is 6.07 Å². The summed E-state index contributed by atoms with van der Waals surface area (Å²) in [5.74, 6) is 0.845. The molecule has 2 nitrogen and oxygen atoms in total. The third-order valence-corrected chi connectivity index (χ3v) is 2.91. The standard InChI is InChI=1S/C13H20BrNO/c1-3-4-5-6-7-11(2)16-13-8-12(14)9-15-10-13/h8-11H,3-7H2,1-2H3. The van der Waals surface area contributed by atoms with Crippen molar-refractivity contribution in [2.45, 2.75) is 52.1 Å². The summed E-state index contributed by atoms with van der Waals surface area (Å²) in [7, 11) is 0. The predicted molar refractivity (Wildman–Crippen MR) is 70.8 cm³/mol. The Bertz CT molecular complexity index is 304. The van der Waals surface area contributed by atoms with Crippen molar-refractivity contribution in [2.24, 2.45) is 0 Å². The van der Waals surface area contributed by atoms with E-state index < -0.39 is 0 Å². The van der Waals surface area contributed by atoms with Gasteiger partial charge >= 0.3 is 0 Å². The Hall–Kier alpha value is -0.570. The topological polar surface area (TPSA) is 22.1 Å². The largest absolute Gasteiger partial charge is 0.489 e. The second-order valence-corrected chi connectivity index (χ2v) is 5.03. The highest BCUT2D eigenvalue weighted by Crippen LogP contribution is 2.18. The van der Waals surface area contributed by atoms with Gasteiger partial charge in [-0.2, -0.15) is 0 Å². The van der Waals surface area contributed by atoms with E-state index in [0.29, 0.717) is 0 Å². The maximum Gasteiger partial charge on any atom is 0.139 e. The summed E-state index contributed by atoms with van der Waals surface area (Å²) >= 11 is 3.38. The van der Waals surface area contributed by atoms with Crippen LogP contribution in [0, 0.1) is 0 Å². The monoisotopic (exact) mass is 285 g/mol. The van der Waals surface area contributed by atoms with Crippen molar-refractivity contribution in [3.8, 4) is 5.75 Å². The summed E-state index contributed by atoms with van der Waals surface area (Å²) in [5, 5.41) is 0. The molecule has 1 aromatic heterocycles. The summed E-state index contributed by atoms with van der Waals surface area (Å²) in [4.78, 5) is 4.08. The molecule has 0 amide bonds. The minimum Gasteiger partial charge on any atom is -0.489 e. The highest BCUT2D eigenvalue weighted by molar-refractivity contribution is 9.10. The van der Waals surface area contributed by atoms with E-state index in [2.05, 4.69) is 34.8 Å². The van der Waals surface area contributed by atoms with Crippen molar-refractivity contribution in [2.75, 3.05) is 0 Å². The molecule has 0 saturated heterocycles. The van der Waals surface area contributed by atoms with Gasteiger partial charge < -0.3 is 4.74 Å². The van der Waals surface area contributed by atoms with Crippen molar-refractivity contribution in [1.82, 2.24) is 4.98 Å². The van der Waals surface area contributed by atoms with Crippen LogP contribution in [0.1, 0.15) is 46.0 Å². The van der Waals surface area contributed by atoms with Gasteiger partial charge in [-0.3, -0.25) is 4.98 Å². The van der Waals surface area contributed by atoms with Crippen molar-refractivity contribution in [3.05, 3.63) is 22.9 Å². The van der Waals surface area contributed by atoms with Crippen LogP contribution >= 0.6 is 15.9 Å². The molecule has 0 aliphatic heterocycles. The summed E-state index contributed by atoms with van der Waals surface area (Å²) < 4.78 is 6.74. The van der Waals surface area contributed by atoms with E-state index in [-0.39, 0.29) is 6.10 Å². The Balaban J connectivity index is 2.25. The van der Waals surface area contributed by atoms with Crippen LogP contribution in [-0.2, 0) is 0 Å². The van der Waals surface area contributed by atoms with Crippen molar-refractivity contribution in [1.29, 1.82) is 0 Å². The van der Waals surface area contributed by atoms with Crippen LogP contribution in [0.5, 0.6) is 5.75 Å². The summed E-state index contributed by atoms with van der Waals surface area (Å²) in [6.07, 6.45) is 10.1. The molecule has 0 fully saturated rings. The van der Waals surface area contributed by atoms with Gasteiger partial charge in [0.2, 0.25) is 0 Å². The van der Waals surface area contributed by atoms with Gasteiger partial charge in [0, 0.05) is 10.7 Å². The number of hydrogen-bond donors (Lipinski definition) is 0. The number of hydrogen-bond acceptors (Lipinski definition) is 2. The third-order valence-electron chi connectivity index (χ3n) is 2.48. The molecule has 1 aromatic rings. The third kappa shape index (κ3) is 5.50. The first kappa shape index (κ1) is 13.5. The van der Waals surface area contributed by atoms with Gasteiger partial charge in [-0.1, -0.05) is 26.2 Å². The molecule has 0 aliphatic carbocycles. The van der Waals surface area contributed by atoms with Crippen LogP contribution in [0.3, 0.4) is 0 Å².